The Kier molecular flexibility index (Phi) is 5.65. The van der Waals surface area contributed by atoms with Crippen LogP contribution in [0.15, 0.2) is 24.3 Å². The smallest absolute Gasteiger partial charge is 0.0713 e. The van der Waals surface area contributed by atoms with E-state index in [-0.39, 0.29) is 0 Å². The second kappa shape index (κ2) is 7.52. The number of hydrogen-bond donors (Lipinski definition) is 2. The van der Waals surface area contributed by atoms with Gasteiger partial charge in [0.05, 0.1) is 6.61 Å². The number of ether oxygens (including phenoxy) is 1. The average molecular weight is 248 g/mol. The van der Waals surface area contributed by atoms with Crippen molar-refractivity contribution < 1.29 is 4.74 Å². The Labute approximate surface area is 110 Å². The van der Waals surface area contributed by atoms with E-state index >= 15 is 0 Å². The standard InChI is InChI=1S/C15H24N2O/c1-18-12-14-6-4-5-13(9-14)10-16-11-15-7-2-3-8-17-15/h4-6,9,15-17H,2-3,7-8,10-12H2,1H3. The molecule has 100 valence electrons. The zero-order valence-corrected chi connectivity index (χ0v) is 11.2. The first-order valence-corrected chi connectivity index (χ1v) is 6.89. The van der Waals surface area contributed by atoms with Gasteiger partial charge in [-0.25, -0.2) is 0 Å². The van der Waals surface area contributed by atoms with Crippen molar-refractivity contribution in [2.75, 3.05) is 20.2 Å². The van der Waals surface area contributed by atoms with Gasteiger partial charge in [0.1, 0.15) is 0 Å². The van der Waals surface area contributed by atoms with Crippen molar-refractivity contribution in [2.24, 2.45) is 0 Å². The normalized spacial score (nSPS) is 19.9. The molecule has 0 aromatic heterocycles. The molecule has 0 bridgehead atoms. The summed E-state index contributed by atoms with van der Waals surface area (Å²) in [5.74, 6) is 0. The number of methoxy groups -OCH3 is 1. The molecule has 0 saturated carbocycles. The molecule has 0 amide bonds. The summed E-state index contributed by atoms with van der Waals surface area (Å²) in [5, 5.41) is 7.09. The topological polar surface area (TPSA) is 33.3 Å². The average Bonchev–Trinajstić information content (AvgIpc) is 2.41. The van der Waals surface area contributed by atoms with E-state index < -0.39 is 0 Å². The van der Waals surface area contributed by atoms with Crippen LogP contribution in [-0.4, -0.2) is 26.2 Å². The Bertz CT molecular complexity index is 348. The fraction of sp³-hybridized carbons (Fsp3) is 0.600. The summed E-state index contributed by atoms with van der Waals surface area (Å²) in [6.45, 7) is 3.87. The Balaban J connectivity index is 1.73. The van der Waals surface area contributed by atoms with Crippen LogP contribution in [0, 0.1) is 0 Å². The summed E-state index contributed by atoms with van der Waals surface area (Å²) >= 11 is 0. The molecular formula is C15H24N2O. The first-order valence-electron chi connectivity index (χ1n) is 6.89. The minimum absolute atomic E-state index is 0.654. The maximum atomic E-state index is 5.15. The monoisotopic (exact) mass is 248 g/mol. The molecule has 1 fully saturated rings. The van der Waals surface area contributed by atoms with Crippen molar-refractivity contribution in [1.82, 2.24) is 10.6 Å². The van der Waals surface area contributed by atoms with Crippen molar-refractivity contribution >= 4 is 0 Å². The van der Waals surface area contributed by atoms with Crippen molar-refractivity contribution in [2.45, 2.75) is 38.5 Å². The molecule has 1 aliphatic heterocycles. The molecule has 1 aromatic rings. The van der Waals surface area contributed by atoms with Gasteiger partial charge < -0.3 is 15.4 Å². The van der Waals surface area contributed by atoms with E-state index in [0.717, 1.165) is 13.1 Å². The third-order valence-electron chi connectivity index (χ3n) is 3.43. The van der Waals surface area contributed by atoms with Gasteiger partial charge in [-0.3, -0.25) is 0 Å². The number of hydrogen-bond acceptors (Lipinski definition) is 3. The lowest BCUT2D eigenvalue weighted by Gasteiger charge is -2.23. The van der Waals surface area contributed by atoms with Gasteiger partial charge in [-0.2, -0.15) is 0 Å². The van der Waals surface area contributed by atoms with Crippen molar-refractivity contribution in [3.05, 3.63) is 35.4 Å². The zero-order valence-electron chi connectivity index (χ0n) is 11.2. The van der Waals surface area contributed by atoms with Crippen molar-refractivity contribution in [1.29, 1.82) is 0 Å². The summed E-state index contributed by atoms with van der Waals surface area (Å²) in [5.41, 5.74) is 2.58. The third kappa shape index (κ3) is 4.41. The van der Waals surface area contributed by atoms with E-state index in [1.165, 1.54) is 36.9 Å². The van der Waals surface area contributed by atoms with E-state index in [9.17, 15) is 0 Å². The molecule has 1 aliphatic rings. The van der Waals surface area contributed by atoms with Crippen LogP contribution in [-0.2, 0) is 17.9 Å². The summed E-state index contributed by atoms with van der Waals surface area (Å²) < 4.78 is 5.15. The minimum atomic E-state index is 0.654. The summed E-state index contributed by atoms with van der Waals surface area (Å²) in [4.78, 5) is 0. The first kappa shape index (κ1) is 13.5. The molecule has 3 nitrogen and oxygen atoms in total. The van der Waals surface area contributed by atoms with Crippen LogP contribution in [0.1, 0.15) is 30.4 Å². The van der Waals surface area contributed by atoms with Crippen molar-refractivity contribution in [3.63, 3.8) is 0 Å². The van der Waals surface area contributed by atoms with Crippen molar-refractivity contribution in [3.8, 4) is 0 Å². The molecule has 2 rings (SSSR count). The first-order chi connectivity index (χ1) is 8.88. The van der Waals surface area contributed by atoms with Gasteiger partial charge in [0.2, 0.25) is 0 Å². The highest BCUT2D eigenvalue weighted by molar-refractivity contribution is 5.22. The van der Waals surface area contributed by atoms with E-state index in [0.29, 0.717) is 12.6 Å². The molecule has 0 radical (unpaired) electrons. The Morgan fingerprint density at radius 1 is 1.33 bits per heavy atom. The lowest BCUT2D eigenvalue weighted by molar-refractivity contribution is 0.185. The van der Waals surface area contributed by atoms with Gasteiger partial charge in [0, 0.05) is 26.2 Å². The summed E-state index contributed by atoms with van der Waals surface area (Å²) in [6, 6.07) is 9.24. The highest BCUT2D eigenvalue weighted by Gasteiger charge is 2.11. The predicted octanol–water partition coefficient (Wildman–Crippen LogP) is 2.06. The molecule has 1 atom stereocenters. The molecule has 1 aromatic carbocycles. The number of rotatable bonds is 6. The van der Waals surface area contributed by atoms with Crippen LogP contribution in [0.25, 0.3) is 0 Å². The van der Waals surface area contributed by atoms with Gasteiger partial charge in [-0.1, -0.05) is 30.7 Å². The molecule has 2 N–H and O–H groups in total. The van der Waals surface area contributed by atoms with E-state index in [1.54, 1.807) is 7.11 Å². The Morgan fingerprint density at radius 3 is 3.00 bits per heavy atom. The second-order valence-electron chi connectivity index (χ2n) is 5.03. The summed E-state index contributed by atoms with van der Waals surface area (Å²) in [6.07, 6.45) is 3.99. The lowest BCUT2D eigenvalue weighted by Crippen LogP contribution is -2.41. The number of nitrogens with one attached hydrogen (secondary N) is 2. The molecule has 1 saturated heterocycles. The van der Waals surface area contributed by atoms with E-state index in [2.05, 4.69) is 34.9 Å². The Morgan fingerprint density at radius 2 is 2.22 bits per heavy atom. The van der Waals surface area contributed by atoms with Crippen LogP contribution in [0.3, 0.4) is 0 Å². The SMILES string of the molecule is COCc1cccc(CNCC2CCCCN2)c1. The third-order valence-corrected chi connectivity index (χ3v) is 3.43. The van der Waals surface area contributed by atoms with E-state index in [1.807, 2.05) is 0 Å². The maximum absolute atomic E-state index is 5.15. The van der Waals surface area contributed by atoms with Gasteiger partial charge >= 0.3 is 0 Å². The van der Waals surface area contributed by atoms with Crippen LogP contribution in [0.4, 0.5) is 0 Å². The molecule has 0 spiro atoms. The quantitative estimate of drug-likeness (QED) is 0.808. The molecular weight excluding hydrogens is 224 g/mol. The molecule has 1 heterocycles. The molecule has 1 unspecified atom stereocenters. The highest BCUT2D eigenvalue weighted by atomic mass is 16.5. The van der Waals surface area contributed by atoms with Gasteiger partial charge in [-0.05, 0) is 30.5 Å². The maximum Gasteiger partial charge on any atom is 0.0713 e. The second-order valence-corrected chi connectivity index (χ2v) is 5.03. The van der Waals surface area contributed by atoms with Crippen LogP contribution in [0.2, 0.25) is 0 Å². The predicted molar refractivity (Wildman–Crippen MR) is 74.5 cm³/mol. The summed E-state index contributed by atoms with van der Waals surface area (Å²) in [7, 11) is 1.74. The highest BCUT2D eigenvalue weighted by Crippen LogP contribution is 2.08. The van der Waals surface area contributed by atoms with Gasteiger partial charge in [0.25, 0.3) is 0 Å². The molecule has 18 heavy (non-hydrogen) atoms. The van der Waals surface area contributed by atoms with Crippen LogP contribution < -0.4 is 10.6 Å². The molecule has 0 aliphatic carbocycles. The van der Waals surface area contributed by atoms with E-state index in [4.69, 9.17) is 4.74 Å². The fourth-order valence-electron chi connectivity index (χ4n) is 2.49. The minimum Gasteiger partial charge on any atom is -0.380 e. The van der Waals surface area contributed by atoms with Gasteiger partial charge in [0.15, 0.2) is 0 Å². The molecule has 3 heteroatoms. The lowest BCUT2D eigenvalue weighted by atomic mass is 10.0. The fourth-order valence-corrected chi connectivity index (χ4v) is 2.49. The largest absolute Gasteiger partial charge is 0.380 e. The van der Waals surface area contributed by atoms with Crippen LogP contribution >= 0.6 is 0 Å². The zero-order chi connectivity index (χ0) is 12.6. The van der Waals surface area contributed by atoms with Crippen LogP contribution in [0.5, 0.6) is 0 Å². The number of benzene rings is 1. The Hall–Kier alpha value is -0.900. The number of piperidine rings is 1. The van der Waals surface area contributed by atoms with Gasteiger partial charge in [-0.15, -0.1) is 0 Å².